The minimum Gasteiger partial charge on any atom is -0.364 e. The Bertz CT molecular complexity index is 607. The average molecular weight is 369 g/mol. The van der Waals surface area contributed by atoms with Gasteiger partial charge in [-0.1, -0.05) is 12.1 Å². The number of amides is 1. The minimum atomic E-state index is -3.42. The smallest absolute Gasteiger partial charge is 0.291 e. The maximum Gasteiger partial charge on any atom is 0.291 e. The second-order valence-electron chi connectivity index (χ2n) is 4.33. The summed E-state index contributed by atoms with van der Waals surface area (Å²) in [5.74, 6) is -1.05. The molecule has 1 aliphatic heterocycles. The lowest BCUT2D eigenvalue weighted by Crippen LogP contribution is -2.55. The van der Waals surface area contributed by atoms with Crippen LogP contribution in [-0.2, 0) is 0 Å². The standard InChI is InChI=1S/C12H9BrF4N2O2/c13-7-4-2-1-3-6(7)10(20)19-12(21,11(16)17)5-8(18-19)9(14)15/h1-4,11,18,21H,5H2. The number of hydrazine groups is 1. The van der Waals surface area contributed by atoms with Crippen LogP contribution in [0.15, 0.2) is 40.5 Å². The summed E-state index contributed by atoms with van der Waals surface area (Å²) in [6, 6.07) is 5.86. The van der Waals surface area contributed by atoms with Crippen LogP contribution < -0.4 is 5.43 Å². The van der Waals surface area contributed by atoms with Crippen molar-refractivity contribution in [2.45, 2.75) is 18.6 Å². The van der Waals surface area contributed by atoms with Crippen LogP contribution in [0, 0.1) is 0 Å². The molecule has 9 heteroatoms. The predicted octanol–water partition coefficient (Wildman–Crippen LogP) is 2.86. The molecule has 0 aliphatic carbocycles. The molecule has 1 heterocycles. The van der Waals surface area contributed by atoms with Crippen molar-refractivity contribution in [3.8, 4) is 0 Å². The van der Waals surface area contributed by atoms with E-state index in [0.717, 1.165) is 0 Å². The molecule has 21 heavy (non-hydrogen) atoms. The lowest BCUT2D eigenvalue weighted by atomic mass is 10.1. The number of hydrogen-bond donors (Lipinski definition) is 2. The summed E-state index contributed by atoms with van der Waals surface area (Å²) < 4.78 is 51.5. The van der Waals surface area contributed by atoms with E-state index in [4.69, 9.17) is 0 Å². The molecule has 0 aromatic heterocycles. The Morgan fingerprint density at radius 2 is 2.00 bits per heavy atom. The van der Waals surface area contributed by atoms with Gasteiger partial charge in [0, 0.05) is 4.47 Å². The van der Waals surface area contributed by atoms with Gasteiger partial charge in [-0.2, -0.15) is 8.78 Å². The Hall–Kier alpha value is -1.61. The highest BCUT2D eigenvalue weighted by Crippen LogP contribution is 2.36. The lowest BCUT2D eigenvalue weighted by molar-refractivity contribution is -0.168. The zero-order valence-corrected chi connectivity index (χ0v) is 11.9. The second-order valence-corrected chi connectivity index (χ2v) is 5.18. The van der Waals surface area contributed by atoms with E-state index in [-0.39, 0.29) is 15.0 Å². The third-order valence-corrected chi connectivity index (χ3v) is 3.65. The maximum absolute atomic E-state index is 13.0. The van der Waals surface area contributed by atoms with Crippen molar-refractivity contribution >= 4 is 21.8 Å². The molecule has 0 bridgehead atoms. The molecule has 1 fully saturated rings. The highest BCUT2D eigenvalue weighted by Gasteiger charge is 2.53. The topological polar surface area (TPSA) is 52.6 Å². The number of rotatable bonds is 2. The largest absolute Gasteiger partial charge is 0.364 e. The number of halogens is 5. The third-order valence-electron chi connectivity index (χ3n) is 2.96. The monoisotopic (exact) mass is 368 g/mol. The van der Waals surface area contributed by atoms with Crippen molar-refractivity contribution < 1.29 is 27.5 Å². The summed E-state index contributed by atoms with van der Waals surface area (Å²) in [6.45, 7) is 0. The molecule has 1 saturated heterocycles. The van der Waals surface area contributed by atoms with Gasteiger partial charge in [-0.3, -0.25) is 10.2 Å². The minimum absolute atomic E-state index is 0.0513. The Balaban J connectivity index is 2.43. The first-order valence-corrected chi connectivity index (χ1v) is 6.47. The Labute approximate surface area is 125 Å². The molecule has 0 saturated carbocycles. The highest BCUT2D eigenvalue weighted by atomic mass is 79.9. The van der Waals surface area contributed by atoms with E-state index >= 15 is 0 Å². The Morgan fingerprint density at radius 1 is 1.38 bits per heavy atom. The molecule has 2 N–H and O–H groups in total. The van der Waals surface area contributed by atoms with Crippen molar-refractivity contribution in [2.24, 2.45) is 0 Å². The van der Waals surface area contributed by atoms with Gasteiger partial charge in [-0.05, 0) is 28.1 Å². The molecule has 1 unspecified atom stereocenters. The molecular weight excluding hydrogens is 360 g/mol. The molecule has 1 atom stereocenters. The fourth-order valence-corrected chi connectivity index (χ4v) is 2.33. The van der Waals surface area contributed by atoms with E-state index < -0.39 is 36.3 Å². The number of benzene rings is 1. The molecule has 0 radical (unpaired) electrons. The molecular formula is C12H9BrF4N2O2. The van der Waals surface area contributed by atoms with Crippen molar-refractivity contribution in [2.75, 3.05) is 0 Å². The van der Waals surface area contributed by atoms with Gasteiger partial charge in [-0.15, -0.1) is 0 Å². The van der Waals surface area contributed by atoms with Crippen LogP contribution in [0.3, 0.4) is 0 Å². The molecule has 1 amide bonds. The first-order valence-electron chi connectivity index (χ1n) is 5.68. The van der Waals surface area contributed by atoms with Gasteiger partial charge in [-0.25, -0.2) is 13.8 Å². The fraction of sp³-hybridized carbons (Fsp3) is 0.250. The number of alkyl halides is 2. The van der Waals surface area contributed by atoms with Crippen LogP contribution >= 0.6 is 15.9 Å². The van der Waals surface area contributed by atoms with Crippen molar-refractivity contribution in [1.82, 2.24) is 10.4 Å². The summed E-state index contributed by atoms with van der Waals surface area (Å²) >= 11 is 3.06. The second kappa shape index (κ2) is 5.64. The summed E-state index contributed by atoms with van der Waals surface area (Å²) in [7, 11) is 0. The number of aliphatic hydroxyl groups is 1. The highest BCUT2D eigenvalue weighted by molar-refractivity contribution is 9.10. The normalized spacial score (nSPS) is 21.7. The molecule has 4 nitrogen and oxygen atoms in total. The number of nitrogens with one attached hydrogen (secondary N) is 1. The Morgan fingerprint density at radius 3 is 2.52 bits per heavy atom. The number of carbonyl (C=O) groups is 1. The van der Waals surface area contributed by atoms with Crippen LogP contribution in [0.2, 0.25) is 0 Å². The van der Waals surface area contributed by atoms with Gasteiger partial charge in [0.25, 0.3) is 18.4 Å². The third kappa shape index (κ3) is 2.75. The van der Waals surface area contributed by atoms with Crippen LogP contribution in [0.5, 0.6) is 0 Å². The van der Waals surface area contributed by atoms with Crippen LogP contribution in [0.4, 0.5) is 17.6 Å². The number of nitrogens with zero attached hydrogens (tertiary/aromatic N) is 1. The summed E-state index contributed by atoms with van der Waals surface area (Å²) in [6.07, 6.45) is -6.77. The van der Waals surface area contributed by atoms with Crippen molar-refractivity contribution in [1.29, 1.82) is 0 Å². The van der Waals surface area contributed by atoms with Gasteiger partial charge >= 0.3 is 0 Å². The molecule has 1 aliphatic rings. The molecule has 0 spiro atoms. The van der Waals surface area contributed by atoms with E-state index in [1.54, 1.807) is 6.07 Å². The SMILES string of the molecule is O=C(c1ccccc1Br)N1NC(=C(F)F)CC1(O)C(F)F. The zero-order valence-electron chi connectivity index (χ0n) is 10.3. The van der Waals surface area contributed by atoms with Gasteiger partial charge in [0.15, 0.2) is 0 Å². The molecule has 1 aromatic carbocycles. The molecule has 114 valence electrons. The quantitative estimate of drug-likeness (QED) is 0.789. The van der Waals surface area contributed by atoms with Crippen LogP contribution in [0.25, 0.3) is 0 Å². The lowest BCUT2D eigenvalue weighted by Gasteiger charge is -2.31. The molecule has 2 rings (SSSR count). The van der Waals surface area contributed by atoms with Crippen molar-refractivity contribution in [3.63, 3.8) is 0 Å². The zero-order chi connectivity index (χ0) is 15.8. The van der Waals surface area contributed by atoms with Gasteiger partial charge in [0.05, 0.1) is 12.0 Å². The van der Waals surface area contributed by atoms with E-state index in [2.05, 4.69) is 15.9 Å². The van der Waals surface area contributed by atoms with Crippen LogP contribution in [-0.4, -0.2) is 28.2 Å². The van der Waals surface area contributed by atoms with E-state index in [1.807, 2.05) is 5.43 Å². The first kappa shape index (κ1) is 15.8. The Kier molecular flexibility index (Phi) is 4.24. The van der Waals surface area contributed by atoms with E-state index in [0.29, 0.717) is 0 Å². The first-order chi connectivity index (χ1) is 9.77. The fourth-order valence-electron chi connectivity index (χ4n) is 1.88. The van der Waals surface area contributed by atoms with Gasteiger partial charge < -0.3 is 5.11 Å². The number of carbonyl (C=O) groups excluding carboxylic acids is 1. The maximum atomic E-state index is 13.0. The average Bonchev–Trinajstić information content (AvgIpc) is 2.78. The van der Waals surface area contributed by atoms with E-state index in [1.165, 1.54) is 18.2 Å². The predicted molar refractivity (Wildman–Crippen MR) is 68.3 cm³/mol. The van der Waals surface area contributed by atoms with Crippen molar-refractivity contribution in [3.05, 3.63) is 46.1 Å². The summed E-state index contributed by atoms with van der Waals surface area (Å²) in [5, 5.41) is 10.0. The van der Waals surface area contributed by atoms with Crippen LogP contribution in [0.1, 0.15) is 16.8 Å². The van der Waals surface area contributed by atoms with E-state index in [9.17, 15) is 27.5 Å². The molecule has 1 aromatic rings. The van der Waals surface area contributed by atoms with Gasteiger partial charge in [0.1, 0.15) is 5.70 Å². The number of hydrogen-bond acceptors (Lipinski definition) is 3. The summed E-state index contributed by atoms with van der Waals surface area (Å²) in [5.41, 5.74) is -2.16. The summed E-state index contributed by atoms with van der Waals surface area (Å²) in [4.78, 5) is 12.2. The van der Waals surface area contributed by atoms with Gasteiger partial charge in [0.2, 0.25) is 5.72 Å².